The largest absolute Gasteiger partial charge is 0.212 e. The summed E-state index contributed by atoms with van der Waals surface area (Å²) in [6.45, 7) is 2.49. The summed E-state index contributed by atoms with van der Waals surface area (Å²) in [4.78, 5) is 0. The van der Waals surface area contributed by atoms with Crippen LogP contribution >= 0.6 is 11.8 Å². The summed E-state index contributed by atoms with van der Waals surface area (Å²) in [5.74, 6) is 2.05. The summed E-state index contributed by atoms with van der Waals surface area (Å²) < 4.78 is 24.1. The van der Waals surface area contributed by atoms with Crippen LogP contribution in [0.4, 0.5) is 0 Å². The van der Waals surface area contributed by atoms with Crippen molar-refractivity contribution in [2.75, 3.05) is 24.3 Å². The van der Waals surface area contributed by atoms with Crippen LogP contribution in [0.2, 0.25) is 0 Å². The lowest BCUT2D eigenvalue weighted by molar-refractivity contribution is 0.358. The van der Waals surface area contributed by atoms with Crippen LogP contribution in [0.1, 0.15) is 13.3 Å². The summed E-state index contributed by atoms with van der Waals surface area (Å²) >= 11 is 1.84. The summed E-state index contributed by atoms with van der Waals surface area (Å²) in [5.41, 5.74) is 0. The molecule has 1 atom stereocenters. The van der Waals surface area contributed by atoms with Gasteiger partial charge in [-0.15, -0.1) is 0 Å². The minimum atomic E-state index is -2.98. The number of nitrogens with zero attached hydrogens (tertiary/aromatic N) is 1. The first-order chi connectivity index (χ1) is 5.55. The Hall–Kier alpha value is 0.260. The van der Waals surface area contributed by atoms with Gasteiger partial charge in [0.25, 0.3) is 0 Å². The second-order valence-corrected chi connectivity index (χ2v) is 6.07. The van der Waals surface area contributed by atoms with E-state index in [0.717, 1.165) is 17.9 Å². The van der Waals surface area contributed by atoms with Crippen LogP contribution in [0.15, 0.2) is 0 Å². The van der Waals surface area contributed by atoms with E-state index >= 15 is 0 Å². The number of hydrogen-bond donors (Lipinski definition) is 0. The van der Waals surface area contributed by atoms with Gasteiger partial charge in [0.05, 0.1) is 6.26 Å². The monoisotopic (exact) mass is 209 g/mol. The molecule has 0 aromatic carbocycles. The van der Waals surface area contributed by atoms with E-state index in [2.05, 4.69) is 0 Å². The van der Waals surface area contributed by atoms with Crippen LogP contribution in [0, 0.1) is 0 Å². The molecule has 1 rings (SSSR count). The van der Waals surface area contributed by atoms with Crippen molar-refractivity contribution in [3.8, 4) is 0 Å². The van der Waals surface area contributed by atoms with E-state index in [0.29, 0.717) is 6.54 Å². The minimum absolute atomic E-state index is 0.245. The van der Waals surface area contributed by atoms with Crippen LogP contribution in [0.25, 0.3) is 0 Å². The number of rotatable bonds is 3. The van der Waals surface area contributed by atoms with Crippen molar-refractivity contribution in [1.82, 2.24) is 4.31 Å². The predicted octanol–water partition coefficient (Wildman–Crippen LogP) is 0.773. The summed E-state index contributed by atoms with van der Waals surface area (Å²) in [5, 5.41) is 0. The fraction of sp³-hybridized carbons (Fsp3) is 1.00. The summed E-state index contributed by atoms with van der Waals surface area (Å²) in [7, 11) is -2.98. The first kappa shape index (κ1) is 10.3. The van der Waals surface area contributed by atoms with Gasteiger partial charge in [-0.25, -0.2) is 8.42 Å². The van der Waals surface area contributed by atoms with Crippen molar-refractivity contribution in [3.05, 3.63) is 0 Å². The fourth-order valence-electron chi connectivity index (χ4n) is 1.51. The van der Waals surface area contributed by atoms with Gasteiger partial charge >= 0.3 is 0 Å². The van der Waals surface area contributed by atoms with Gasteiger partial charge in [0.15, 0.2) is 0 Å². The highest BCUT2D eigenvalue weighted by molar-refractivity contribution is 7.99. The first-order valence-electron chi connectivity index (χ1n) is 4.10. The van der Waals surface area contributed by atoms with E-state index in [1.807, 2.05) is 18.7 Å². The van der Waals surface area contributed by atoms with E-state index in [4.69, 9.17) is 0 Å². The highest BCUT2D eigenvalue weighted by Crippen LogP contribution is 2.23. The number of hydrogen-bond acceptors (Lipinski definition) is 3. The number of sulfonamides is 1. The van der Waals surface area contributed by atoms with Gasteiger partial charge in [-0.2, -0.15) is 16.1 Å². The third-order valence-electron chi connectivity index (χ3n) is 2.05. The molecule has 1 heterocycles. The smallest absolute Gasteiger partial charge is 0.211 e. The quantitative estimate of drug-likeness (QED) is 0.689. The number of thioether (sulfide) groups is 1. The van der Waals surface area contributed by atoms with E-state index in [-0.39, 0.29) is 6.04 Å². The summed E-state index contributed by atoms with van der Waals surface area (Å²) in [6.07, 6.45) is 2.30. The highest BCUT2D eigenvalue weighted by Gasteiger charge is 2.27. The Balaban J connectivity index is 2.68. The zero-order valence-electron chi connectivity index (χ0n) is 7.49. The molecule has 0 bridgehead atoms. The van der Waals surface area contributed by atoms with E-state index in [1.54, 1.807) is 4.31 Å². The van der Waals surface area contributed by atoms with Crippen LogP contribution in [0.3, 0.4) is 0 Å². The summed E-state index contributed by atoms with van der Waals surface area (Å²) in [6, 6.07) is 0.245. The molecule has 1 fully saturated rings. The Bertz CT molecular complexity index is 232. The van der Waals surface area contributed by atoms with Crippen LogP contribution in [-0.2, 0) is 10.0 Å². The van der Waals surface area contributed by atoms with Crippen molar-refractivity contribution in [2.24, 2.45) is 0 Å². The van der Waals surface area contributed by atoms with Gasteiger partial charge in [0, 0.05) is 18.3 Å². The third-order valence-corrected chi connectivity index (χ3v) is 4.60. The van der Waals surface area contributed by atoms with Gasteiger partial charge in [-0.05, 0) is 12.2 Å². The molecule has 0 spiro atoms. The SMILES string of the molecule is CCN([C@H]1CCSC1)S(C)(=O)=O. The molecule has 0 amide bonds. The zero-order valence-corrected chi connectivity index (χ0v) is 9.12. The van der Waals surface area contributed by atoms with Crippen LogP contribution in [-0.4, -0.2) is 43.1 Å². The average Bonchev–Trinajstić information content (AvgIpc) is 2.38. The van der Waals surface area contributed by atoms with Crippen molar-refractivity contribution in [3.63, 3.8) is 0 Å². The Morgan fingerprint density at radius 1 is 1.58 bits per heavy atom. The van der Waals surface area contributed by atoms with Gasteiger partial charge < -0.3 is 0 Å². The lowest BCUT2D eigenvalue weighted by Gasteiger charge is -2.23. The second kappa shape index (κ2) is 3.98. The van der Waals surface area contributed by atoms with Gasteiger partial charge in [-0.1, -0.05) is 6.92 Å². The lowest BCUT2D eigenvalue weighted by Crippen LogP contribution is -2.39. The van der Waals surface area contributed by atoms with E-state index in [1.165, 1.54) is 6.26 Å². The first-order valence-corrected chi connectivity index (χ1v) is 7.10. The van der Waals surface area contributed by atoms with Crippen LogP contribution in [0.5, 0.6) is 0 Å². The maximum atomic E-state index is 11.3. The van der Waals surface area contributed by atoms with Crippen molar-refractivity contribution in [1.29, 1.82) is 0 Å². The normalized spacial score (nSPS) is 25.1. The average molecular weight is 209 g/mol. The molecule has 0 unspecified atom stereocenters. The van der Waals surface area contributed by atoms with E-state index < -0.39 is 10.0 Å². The van der Waals surface area contributed by atoms with Crippen molar-refractivity contribution in [2.45, 2.75) is 19.4 Å². The molecule has 5 heteroatoms. The molecular formula is C7H15NO2S2. The van der Waals surface area contributed by atoms with E-state index in [9.17, 15) is 8.42 Å². The molecule has 0 aromatic heterocycles. The maximum absolute atomic E-state index is 11.3. The molecule has 1 aliphatic heterocycles. The molecule has 3 nitrogen and oxygen atoms in total. The fourth-order valence-corrected chi connectivity index (χ4v) is 4.02. The molecule has 72 valence electrons. The van der Waals surface area contributed by atoms with Crippen LogP contribution < -0.4 is 0 Å². The van der Waals surface area contributed by atoms with Crippen molar-refractivity contribution < 1.29 is 8.42 Å². The maximum Gasteiger partial charge on any atom is 0.211 e. The molecule has 0 N–H and O–H groups in total. The van der Waals surface area contributed by atoms with Gasteiger partial charge in [0.2, 0.25) is 10.0 Å². The lowest BCUT2D eigenvalue weighted by atomic mass is 10.3. The molecule has 0 radical (unpaired) electrons. The second-order valence-electron chi connectivity index (χ2n) is 2.98. The topological polar surface area (TPSA) is 37.4 Å². The molecule has 0 aromatic rings. The van der Waals surface area contributed by atoms with Gasteiger partial charge in [0.1, 0.15) is 0 Å². The molecule has 0 saturated carbocycles. The highest BCUT2D eigenvalue weighted by atomic mass is 32.2. The Labute approximate surface area is 78.6 Å². The predicted molar refractivity (Wildman–Crippen MR) is 53.0 cm³/mol. The molecule has 1 aliphatic rings. The Morgan fingerprint density at radius 3 is 2.58 bits per heavy atom. The Kier molecular flexibility index (Phi) is 3.43. The molecule has 12 heavy (non-hydrogen) atoms. The minimum Gasteiger partial charge on any atom is -0.212 e. The molecule has 1 saturated heterocycles. The zero-order chi connectivity index (χ0) is 9.19. The van der Waals surface area contributed by atoms with Crippen molar-refractivity contribution >= 4 is 21.8 Å². The van der Waals surface area contributed by atoms with Gasteiger partial charge in [-0.3, -0.25) is 0 Å². The molecule has 0 aliphatic carbocycles. The molecular weight excluding hydrogens is 194 g/mol. The third kappa shape index (κ3) is 2.37. The standard InChI is InChI=1S/C7H15NO2S2/c1-3-8(12(2,9)10)7-4-5-11-6-7/h7H,3-6H2,1-2H3/t7-/m0/s1. The Morgan fingerprint density at radius 2 is 2.25 bits per heavy atom.